The smallest absolute Gasteiger partial charge is 0.352 e. The van der Waals surface area contributed by atoms with E-state index in [0.717, 1.165) is 4.47 Å². The van der Waals surface area contributed by atoms with Gasteiger partial charge in [0.2, 0.25) is 0 Å². The van der Waals surface area contributed by atoms with Crippen LogP contribution in [0.1, 0.15) is 18.6 Å². The molecule has 0 amide bonds. The van der Waals surface area contributed by atoms with E-state index in [1.165, 1.54) is 0 Å². The fourth-order valence-corrected chi connectivity index (χ4v) is 2.50. The van der Waals surface area contributed by atoms with Gasteiger partial charge in [-0.3, -0.25) is 0 Å². The van der Waals surface area contributed by atoms with Gasteiger partial charge in [-0.25, -0.2) is 4.79 Å². The van der Waals surface area contributed by atoms with Crippen LogP contribution in [0.5, 0.6) is 17.2 Å². The molecule has 1 heterocycles. The van der Waals surface area contributed by atoms with Crippen LogP contribution >= 0.6 is 15.9 Å². The summed E-state index contributed by atoms with van der Waals surface area (Å²) in [6.07, 6.45) is -0.764. The van der Waals surface area contributed by atoms with Crippen molar-refractivity contribution in [3.05, 3.63) is 64.7 Å². The Labute approximate surface area is 164 Å². The van der Waals surface area contributed by atoms with Crippen molar-refractivity contribution in [2.75, 3.05) is 0 Å². The highest BCUT2D eigenvalue weighted by atomic mass is 79.9. The van der Waals surface area contributed by atoms with Crippen molar-refractivity contribution >= 4 is 21.9 Å². The van der Waals surface area contributed by atoms with Gasteiger partial charge in [0.25, 0.3) is 5.89 Å². The highest BCUT2D eigenvalue weighted by Gasteiger charge is 2.18. The van der Waals surface area contributed by atoms with Gasteiger partial charge in [0.1, 0.15) is 17.2 Å². The summed E-state index contributed by atoms with van der Waals surface area (Å²) < 4.78 is 22.2. The van der Waals surface area contributed by atoms with Crippen LogP contribution in [0.25, 0.3) is 0 Å². The molecule has 0 N–H and O–H groups in total. The number of esters is 1. The molecule has 2 aromatic carbocycles. The minimum absolute atomic E-state index is 0.163. The number of hydrogen-bond acceptors (Lipinski definition) is 7. The quantitative estimate of drug-likeness (QED) is 0.410. The molecule has 0 radical (unpaired) electrons. The predicted octanol–water partition coefficient (Wildman–Crippen LogP) is 4.09. The largest absolute Gasteiger partial charge is 0.484 e. The fraction of sp³-hybridized carbons (Fsp3) is 0.211. The summed E-state index contributed by atoms with van der Waals surface area (Å²) in [6, 6.07) is 13.9. The lowest BCUT2D eigenvalue weighted by Crippen LogP contribution is -2.28. The first kappa shape index (κ1) is 18.9. The number of carbonyl (C=O) groups excluding carboxylic acids is 1. The maximum absolute atomic E-state index is 12.2. The second-order valence-electron chi connectivity index (χ2n) is 5.61. The van der Waals surface area contributed by atoms with Crippen molar-refractivity contribution in [3.63, 3.8) is 0 Å². The molecule has 7 nitrogen and oxygen atoms in total. The Morgan fingerprint density at radius 3 is 2.52 bits per heavy atom. The van der Waals surface area contributed by atoms with Gasteiger partial charge in [0.15, 0.2) is 18.5 Å². The molecule has 8 heteroatoms. The van der Waals surface area contributed by atoms with Crippen LogP contribution in [0.4, 0.5) is 0 Å². The van der Waals surface area contributed by atoms with Gasteiger partial charge in [-0.1, -0.05) is 17.3 Å². The van der Waals surface area contributed by atoms with Gasteiger partial charge in [-0.2, -0.15) is 4.98 Å². The van der Waals surface area contributed by atoms with Crippen LogP contribution in [0.15, 0.2) is 57.5 Å². The third-order valence-electron chi connectivity index (χ3n) is 3.45. The van der Waals surface area contributed by atoms with Crippen molar-refractivity contribution in [2.45, 2.75) is 26.6 Å². The van der Waals surface area contributed by atoms with Gasteiger partial charge < -0.3 is 18.7 Å². The van der Waals surface area contributed by atoms with Crippen molar-refractivity contribution < 1.29 is 23.5 Å². The lowest BCUT2D eigenvalue weighted by molar-refractivity contribution is -0.141. The van der Waals surface area contributed by atoms with E-state index in [-0.39, 0.29) is 6.61 Å². The number of hydrogen-bond donors (Lipinski definition) is 0. The van der Waals surface area contributed by atoms with Crippen molar-refractivity contribution in [1.29, 1.82) is 0 Å². The monoisotopic (exact) mass is 432 g/mol. The molecular weight excluding hydrogens is 416 g/mol. The Balaban J connectivity index is 1.52. The number of ether oxygens (including phenoxy) is 3. The van der Waals surface area contributed by atoms with Crippen LogP contribution in [-0.4, -0.2) is 22.2 Å². The Morgan fingerprint density at radius 2 is 1.85 bits per heavy atom. The first-order valence-corrected chi connectivity index (χ1v) is 8.95. The number of rotatable bonds is 7. The topological polar surface area (TPSA) is 83.7 Å². The summed E-state index contributed by atoms with van der Waals surface area (Å²) in [4.78, 5) is 16.3. The van der Waals surface area contributed by atoms with Crippen molar-refractivity contribution in [3.8, 4) is 17.2 Å². The molecule has 0 saturated carbocycles. The molecular formula is C19H17BrN2O5. The zero-order valence-corrected chi connectivity index (χ0v) is 16.3. The summed E-state index contributed by atoms with van der Waals surface area (Å²) in [5.41, 5.74) is 0. The van der Waals surface area contributed by atoms with Gasteiger partial charge >= 0.3 is 5.97 Å². The van der Waals surface area contributed by atoms with E-state index in [1.807, 2.05) is 18.2 Å². The number of nitrogens with zero attached hydrogens (tertiary/aromatic N) is 2. The summed E-state index contributed by atoms with van der Waals surface area (Å²) >= 11 is 3.38. The first-order chi connectivity index (χ1) is 13.0. The van der Waals surface area contributed by atoms with E-state index >= 15 is 0 Å². The van der Waals surface area contributed by atoms with Gasteiger partial charge in [-0.05, 0) is 66.2 Å². The van der Waals surface area contributed by atoms with E-state index < -0.39 is 12.1 Å². The molecule has 3 aromatic rings. The van der Waals surface area contributed by atoms with E-state index in [4.69, 9.17) is 18.7 Å². The highest BCUT2D eigenvalue weighted by Crippen LogP contribution is 2.25. The van der Waals surface area contributed by atoms with Crippen LogP contribution in [-0.2, 0) is 11.4 Å². The third-order valence-corrected chi connectivity index (χ3v) is 4.10. The average Bonchev–Trinajstić information content (AvgIpc) is 3.08. The van der Waals surface area contributed by atoms with E-state index in [2.05, 4.69) is 26.1 Å². The molecule has 0 aliphatic heterocycles. The second-order valence-corrected chi connectivity index (χ2v) is 6.46. The Bertz CT molecular complexity index is 910. The molecule has 0 aliphatic rings. The van der Waals surface area contributed by atoms with E-state index in [1.54, 1.807) is 44.2 Å². The number of aromatic nitrogens is 2. The summed E-state index contributed by atoms with van der Waals surface area (Å²) in [5, 5.41) is 3.69. The number of carbonyl (C=O) groups is 1. The van der Waals surface area contributed by atoms with Crippen LogP contribution in [0.2, 0.25) is 0 Å². The predicted molar refractivity (Wildman–Crippen MR) is 99.7 cm³/mol. The Kier molecular flexibility index (Phi) is 6.08. The Morgan fingerprint density at radius 1 is 1.15 bits per heavy atom. The molecule has 0 aliphatic carbocycles. The lowest BCUT2D eigenvalue weighted by Gasteiger charge is -2.15. The summed E-state index contributed by atoms with van der Waals surface area (Å²) in [5.74, 6) is 1.99. The van der Waals surface area contributed by atoms with Crippen LogP contribution in [0.3, 0.4) is 0 Å². The van der Waals surface area contributed by atoms with Crippen LogP contribution < -0.4 is 14.2 Å². The lowest BCUT2D eigenvalue weighted by atomic mass is 10.3. The minimum Gasteiger partial charge on any atom is -0.484 e. The number of halogens is 1. The Hall–Kier alpha value is -2.87. The van der Waals surface area contributed by atoms with Crippen molar-refractivity contribution in [1.82, 2.24) is 10.1 Å². The zero-order valence-electron chi connectivity index (χ0n) is 14.7. The zero-order chi connectivity index (χ0) is 19.2. The van der Waals surface area contributed by atoms with Crippen LogP contribution in [0, 0.1) is 6.92 Å². The number of para-hydroxylation sites is 1. The molecule has 0 fully saturated rings. The molecule has 27 heavy (non-hydrogen) atoms. The molecule has 0 spiro atoms. The summed E-state index contributed by atoms with van der Waals surface area (Å²) in [6.45, 7) is 3.53. The van der Waals surface area contributed by atoms with Crippen molar-refractivity contribution in [2.24, 2.45) is 0 Å². The highest BCUT2D eigenvalue weighted by molar-refractivity contribution is 9.10. The van der Waals surface area contributed by atoms with Gasteiger partial charge in [0, 0.05) is 0 Å². The molecule has 0 bridgehead atoms. The maximum atomic E-state index is 12.2. The average molecular weight is 433 g/mol. The normalized spacial score (nSPS) is 11.7. The molecule has 1 unspecified atom stereocenters. The number of benzene rings is 2. The van der Waals surface area contributed by atoms with E-state index in [9.17, 15) is 4.79 Å². The van der Waals surface area contributed by atoms with E-state index in [0.29, 0.717) is 29.0 Å². The molecule has 1 atom stereocenters. The second kappa shape index (κ2) is 8.68. The standard InChI is InChI=1S/C19H17BrN2O5/c1-12(25-17-6-4-3-5-16(17)20)19(23)26-15-9-7-14(8-10-15)24-11-18-21-13(2)22-27-18/h3-10,12H,11H2,1-2H3. The van der Waals surface area contributed by atoms with Gasteiger partial charge in [-0.15, -0.1) is 0 Å². The third kappa shape index (κ3) is 5.30. The molecule has 0 saturated heterocycles. The summed E-state index contributed by atoms with van der Waals surface area (Å²) in [7, 11) is 0. The molecule has 140 valence electrons. The fourth-order valence-electron chi connectivity index (χ4n) is 2.13. The SMILES string of the molecule is Cc1noc(COc2ccc(OC(=O)C(C)Oc3ccccc3Br)cc2)n1. The molecule has 3 rings (SSSR count). The number of aryl methyl sites for hydroxylation is 1. The molecule has 1 aromatic heterocycles. The maximum Gasteiger partial charge on any atom is 0.352 e. The van der Waals surface area contributed by atoms with Gasteiger partial charge in [0.05, 0.1) is 4.47 Å². The minimum atomic E-state index is -0.764. The first-order valence-electron chi connectivity index (χ1n) is 8.16.